The van der Waals surface area contributed by atoms with Crippen LogP contribution in [0.5, 0.6) is 11.5 Å². The Bertz CT molecular complexity index is 3230. The first-order valence-electron chi connectivity index (χ1n) is 22.2. The zero-order chi connectivity index (χ0) is 43.3. The minimum atomic E-state index is -0.0285. The minimum Gasteiger partial charge on any atom is -0.509 e. The average molecular weight is 1020 g/mol. The van der Waals surface area contributed by atoms with E-state index in [1.165, 1.54) is 44.9 Å². The van der Waals surface area contributed by atoms with Crippen molar-refractivity contribution in [2.45, 2.75) is 65.7 Å². The summed E-state index contributed by atoms with van der Waals surface area (Å²) in [6.07, 6.45) is 1.91. The summed E-state index contributed by atoms with van der Waals surface area (Å²) < 4.78 is 10.2. The van der Waals surface area contributed by atoms with Gasteiger partial charge in [-0.15, -0.1) is 29.1 Å². The van der Waals surface area contributed by atoms with E-state index in [0.717, 1.165) is 44.4 Å². The van der Waals surface area contributed by atoms with Crippen molar-refractivity contribution in [3.63, 3.8) is 0 Å². The number of benzene rings is 7. The zero-order valence-corrected chi connectivity index (χ0v) is 39.6. The molecule has 5 nitrogen and oxygen atoms in total. The molecule has 11 rings (SSSR count). The summed E-state index contributed by atoms with van der Waals surface area (Å²) in [5, 5.41) is 2.24. The van der Waals surface area contributed by atoms with E-state index in [0.29, 0.717) is 32.5 Å². The Kier molecular flexibility index (Phi) is 10.2. The van der Waals surface area contributed by atoms with Crippen molar-refractivity contribution in [2.24, 2.45) is 0 Å². The summed E-state index contributed by atoms with van der Waals surface area (Å²) in [7, 11) is 0. The molecule has 320 valence electrons. The molecule has 0 N–H and O–H groups in total. The molecule has 1 saturated heterocycles. The molecule has 0 spiro atoms. The van der Waals surface area contributed by atoms with Crippen LogP contribution in [0.25, 0.3) is 49.9 Å². The second kappa shape index (κ2) is 15.6. The normalized spacial score (nSPS) is 17.5. The van der Waals surface area contributed by atoms with Gasteiger partial charge in [-0.1, -0.05) is 157 Å². The van der Waals surface area contributed by atoms with Gasteiger partial charge in [-0.25, -0.2) is 9.58 Å². The summed E-state index contributed by atoms with van der Waals surface area (Å²) in [4.78, 5) is 4.90. The Hall–Kier alpha value is -6.10. The zero-order valence-electron chi connectivity index (χ0n) is 37.3. The second-order valence-electron chi connectivity index (χ2n) is 18.8. The van der Waals surface area contributed by atoms with Crippen LogP contribution in [0.1, 0.15) is 77.0 Å². The van der Waals surface area contributed by atoms with Crippen LogP contribution < -0.4 is 13.9 Å². The third-order valence-electron chi connectivity index (χ3n) is 13.2. The number of nitrogens with zero attached hydrogens (tertiary/aromatic N) is 4. The maximum absolute atomic E-state index is 6.94. The number of rotatable bonds is 9. The fourth-order valence-corrected chi connectivity index (χ4v) is 10.0. The summed E-state index contributed by atoms with van der Waals surface area (Å²) >= 11 is 0. The molecular weight excluding hydrogens is 964 g/mol. The number of quaternary nitrogens is 2. The largest absolute Gasteiger partial charge is 0.509 e. The van der Waals surface area contributed by atoms with Crippen molar-refractivity contribution in [1.29, 1.82) is 0 Å². The third kappa shape index (κ3) is 6.43. The Morgan fingerprint density at radius 1 is 0.594 bits per heavy atom. The SMILES string of the molecule is CC(C)c1cccc(C(C)C)c1-c1cccc([N@+]23[CH-][N+]2(c2[c-]c(Oc4[c-]c5c(cc4)c4ccccc4n5-c4cc(C(C)(C)C)ccn4)cc(-c4ccccc4)c2)c2ccccc23)c1.[Pt]. The van der Waals surface area contributed by atoms with Gasteiger partial charge >= 0.3 is 0 Å². The maximum Gasteiger partial charge on any atom is 0.225 e. The van der Waals surface area contributed by atoms with Gasteiger partial charge in [0.05, 0.1) is 5.69 Å². The molecule has 64 heavy (non-hydrogen) atoms. The Morgan fingerprint density at radius 3 is 2.00 bits per heavy atom. The molecule has 0 bridgehead atoms. The summed E-state index contributed by atoms with van der Waals surface area (Å²) in [5.41, 5.74) is 15.5. The topological polar surface area (TPSA) is 27.1 Å². The molecule has 9 aromatic rings. The number of para-hydroxylation sites is 3. The van der Waals surface area contributed by atoms with Crippen LogP contribution in [0, 0.1) is 18.8 Å². The summed E-state index contributed by atoms with van der Waals surface area (Å²) in [5.74, 6) is 2.90. The maximum atomic E-state index is 6.94. The van der Waals surface area contributed by atoms with Gasteiger partial charge in [0.1, 0.15) is 5.82 Å². The summed E-state index contributed by atoms with van der Waals surface area (Å²) in [6, 6.07) is 64.4. The smallest absolute Gasteiger partial charge is 0.225 e. The Labute approximate surface area is 391 Å². The monoisotopic (exact) mass is 1010 g/mol. The van der Waals surface area contributed by atoms with Crippen molar-refractivity contribution in [3.8, 4) is 39.6 Å². The van der Waals surface area contributed by atoms with Gasteiger partial charge in [0.15, 0.2) is 12.4 Å². The van der Waals surface area contributed by atoms with E-state index >= 15 is 0 Å². The van der Waals surface area contributed by atoms with Crippen molar-refractivity contribution >= 4 is 44.6 Å². The molecule has 1 unspecified atom stereocenters. The number of fused-ring (bicyclic) bond motifs is 7. The number of hydrogen-bond acceptors (Lipinski definition) is 2. The van der Waals surface area contributed by atoms with Crippen LogP contribution in [-0.2, 0) is 26.5 Å². The quantitative estimate of drug-likeness (QED) is 0.0818. The molecule has 6 heteroatoms. The van der Waals surface area contributed by atoms with E-state index in [1.54, 1.807) is 0 Å². The molecule has 2 aromatic heterocycles. The van der Waals surface area contributed by atoms with E-state index < -0.39 is 0 Å². The number of aromatic nitrogens is 2. The number of ether oxygens (including phenoxy) is 1. The first-order valence-corrected chi connectivity index (χ1v) is 22.2. The van der Waals surface area contributed by atoms with Crippen molar-refractivity contribution in [3.05, 3.63) is 199 Å². The summed E-state index contributed by atoms with van der Waals surface area (Å²) in [6.45, 7) is 18.3. The molecule has 2 atom stereocenters. The minimum absolute atomic E-state index is 0. The van der Waals surface area contributed by atoms with Gasteiger partial charge in [-0.3, -0.25) is 0 Å². The van der Waals surface area contributed by atoms with Crippen molar-refractivity contribution in [1.82, 2.24) is 18.7 Å². The van der Waals surface area contributed by atoms with Gasteiger partial charge in [0, 0.05) is 68.5 Å². The Morgan fingerprint density at radius 2 is 1.27 bits per heavy atom. The van der Waals surface area contributed by atoms with Crippen LogP contribution >= 0.6 is 0 Å². The van der Waals surface area contributed by atoms with Crippen molar-refractivity contribution < 1.29 is 25.8 Å². The first kappa shape index (κ1) is 41.9. The van der Waals surface area contributed by atoms with Gasteiger partial charge in [0.25, 0.3) is 0 Å². The van der Waals surface area contributed by atoms with Crippen LogP contribution in [0.3, 0.4) is 0 Å². The molecular formula is C58H51N4OPt-. The number of pyridine rings is 1. The van der Waals surface area contributed by atoms with Crippen LogP contribution in [0.15, 0.2) is 164 Å². The first-order chi connectivity index (χ1) is 30.5. The molecule has 4 heterocycles. The predicted octanol–water partition coefficient (Wildman–Crippen LogP) is 15.8. The average Bonchev–Trinajstić information content (AvgIpc) is 3.79. The number of hydrogen-bond donors (Lipinski definition) is 0. The fourth-order valence-electron chi connectivity index (χ4n) is 10.0. The molecule has 0 amide bonds. The molecule has 0 radical (unpaired) electrons. The van der Waals surface area contributed by atoms with Gasteiger partial charge in [-0.05, 0) is 74.2 Å². The van der Waals surface area contributed by atoms with Crippen LogP contribution in [0.2, 0.25) is 0 Å². The van der Waals surface area contributed by atoms with Gasteiger partial charge in [0.2, 0.25) is 11.4 Å². The molecule has 2 aliphatic rings. The second-order valence-corrected chi connectivity index (χ2v) is 18.8. The standard InChI is InChI=1S/C58H51N4O.Pt/c1-38(2)48-22-16-23-49(39(3)4)57(48)41-19-15-20-44(31-41)61-37-62(61,55-26-14-13-25-54(55)61)45-32-42(40-17-9-8-10-18-40)33-47(35-45)63-46-27-28-51-50-21-11-12-24-52(50)60(53(51)36-46)56-34-43(29-30-59-56)58(5,6)7;/h8-34,37-39H,1-7H3;/q-1;/t61-,62?;/m0./s1. The molecule has 0 aliphatic carbocycles. The van der Waals surface area contributed by atoms with E-state index in [-0.39, 0.29) is 26.5 Å². The Balaban J connectivity index is 0.00000484. The van der Waals surface area contributed by atoms with Gasteiger partial charge in [-0.2, -0.15) is 10.7 Å². The molecule has 0 saturated carbocycles. The van der Waals surface area contributed by atoms with E-state index in [2.05, 4.69) is 223 Å². The molecule has 1 fully saturated rings. The van der Waals surface area contributed by atoms with E-state index in [1.807, 2.05) is 12.3 Å². The van der Waals surface area contributed by atoms with Crippen LogP contribution in [0.4, 0.5) is 22.7 Å². The van der Waals surface area contributed by atoms with Gasteiger partial charge < -0.3 is 9.30 Å². The van der Waals surface area contributed by atoms with Crippen LogP contribution in [-0.4, -0.2) is 9.55 Å². The van der Waals surface area contributed by atoms with Crippen molar-refractivity contribution in [2.75, 3.05) is 0 Å². The van der Waals surface area contributed by atoms with E-state index in [4.69, 9.17) is 9.72 Å². The third-order valence-corrected chi connectivity index (χ3v) is 13.2. The molecule has 2 aliphatic heterocycles. The fraction of sp³-hybridized carbons (Fsp3) is 0.172. The molecule has 7 aromatic carbocycles. The van der Waals surface area contributed by atoms with E-state index in [9.17, 15) is 0 Å². The predicted molar refractivity (Wildman–Crippen MR) is 261 cm³/mol.